The fourth-order valence-corrected chi connectivity index (χ4v) is 3.11. The Labute approximate surface area is 128 Å². The van der Waals surface area contributed by atoms with Gasteiger partial charge in [0.1, 0.15) is 5.54 Å². The molecular formula is C18H25N3. The average molecular weight is 283 g/mol. The first kappa shape index (κ1) is 14.6. The molecule has 2 unspecified atom stereocenters. The molecule has 1 aromatic carbocycles. The molecule has 2 atom stereocenters. The van der Waals surface area contributed by atoms with Crippen LogP contribution in [-0.4, -0.2) is 30.6 Å². The zero-order chi connectivity index (χ0) is 14.9. The molecule has 112 valence electrons. The second-order valence-electron chi connectivity index (χ2n) is 6.79. The number of rotatable bonds is 7. The monoisotopic (exact) mass is 283 g/mol. The van der Waals surface area contributed by atoms with Crippen LogP contribution in [0, 0.1) is 17.2 Å². The van der Waals surface area contributed by atoms with E-state index >= 15 is 0 Å². The number of nitrogens with one attached hydrogen (secondary N) is 1. The van der Waals surface area contributed by atoms with E-state index < -0.39 is 5.54 Å². The van der Waals surface area contributed by atoms with Gasteiger partial charge in [0, 0.05) is 18.6 Å². The van der Waals surface area contributed by atoms with Crippen LogP contribution in [0.4, 0.5) is 0 Å². The molecule has 1 N–H and O–H groups in total. The van der Waals surface area contributed by atoms with Crippen LogP contribution in [0.3, 0.4) is 0 Å². The van der Waals surface area contributed by atoms with E-state index in [1.54, 1.807) is 0 Å². The van der Waals surface area contributed by atoms with Crippen LogP contribution >= 0.6 is 0 Å². The van der Waals surface area contributed by atoms with E-state index in [1.807, 2.05) is 18.2 Å². The Bertz CT molecular complexity index is 513. The standard InChI is InChI=1S/C18H25N3/c1-14(15-8-9-15)21(2)13-18(12-19,20-17-10-11-17)16-6-4-3-5-7-16/h3-7,14-15,17,20H,8-11,13H2,1-2H3. The summed E-state index contributed by atoms with van der Waals surface area (Å²) in [5.41, 5.74) is 0.509. The summed E-state index contributed by atoms with van der Waals surface area (Å²) in [6.45, 7) is 3.05. The number of hydrogen-bond donors (Lipinski definition) is 1. The third kappa shape index (κ3) is 3.28. The quantitative estimate of drug-likeness (QED) is 0.836. The molecule has 0 radical (unpaired) electrons. The third-order valence-electron chi connectivity index (χ3n) is 4.97. The lowest BCUT2D eigenvalue weighted by Gasteiger charge is -2.35. The summed E-state index contributed by atoms with van der Waals surface area (Å²) in [5.74, 6) is 0.822. The highest BCUT2D eigenvalue weighted by atomic mass is 15.2. The molecule has 0 aliphatic heterocycles. The minimum absolute atomic E-state index is 0.509. The Balaban J connectivity index is 1.82. The highest BCUT2D eigenvalue weighted by Gasteiger charge is 2.41. The summed E-state index contributed by atoms with van der Waals surface area (Å²) in [7, 11) is 2.16. The maximum Gasteiger partial charge on any atom is 0.145 e. The van der Waals surface area contributed by atoms with Crippen LogP contribution in [0.15, 0.2) is 30.3 Å². The fraction of sp³-hybridized carbons (Fsp3) is 0.611. The maximum atomic E-state index is 9.95. The van der Waals surface area contributed by atoms with Crippen molar-refractivity contribution in [3.8, 4) is 6.07 Å². The first-order valence-electron chi connectivity index (χ1n) is 8.09. The summed E-state index contributed by atoms with van der Waals surface area (Å²) in [5, 5.41) is 13.6. The van der Waals surface area contributed by atoms with E-state index in [2.05, 4.69) is 42.4 Å². The van der Waals surface area contributed by atoms with Gasteiger partial charge < -0.3 is 4.90 Å². The van der Waals surface area contributed by atoms with Crippen molar-refractivity contribution in [3.63, 3.8) is 0 Å². The molecule has 3 heteroatoms. The van der Waals surface area contributed by atoms with Crippen molar-refractivity contribution < 1.29 is 0 Å². The predicted molar refractivity (Wildman–Crippen MR) is 84.7 cm³/mol. The van der Waals surface area contributed by atoms with Crippen LogP contribution in [0.2, 0.25) is 0 Å². The first-order valence-corrected chi connectivity index (χ1v) is 8.09. The van der Waals surface area contributed by atoms with Crippen molar-refractivity contribution in [2.24, 2.45) is 5.92 Å². The highest BCUT2D eigenvalue weighted by Crippen LogP contribution is 2.36. The summed E-state index contributed by atoms with van der Waals surface area (Å²) in [4.78, 5) is 2.36. The molecule has 2 saturated carbocycles. The highest BCUT2D eigenvalue weighted by molar-refractivity contribution is 5.33. The maximum absolute atomic E-state index is 9.95. The first-order chi connectivity index (χ1) is 10.1. The zero-order valence-corrected chi connectivity index (χ0v) is 13.0. The molecule has 2 aliphatic carbocycles. The molecule has 0 aromatic heterocycles. The Morgan fingerprint density at radius 3 is 2.48 bits per heavy atom. The topological polar surface area (TPSA) is 39.1 Å². The minimum Gasteiger partial charge on any atom is -0.300 e. The Hall–Kier alpha value is -1.37. The van der Waals surface area contributed by atoms with Crippen LogP contribution in [-0.2, 0) is 5.54 Å². The lowest BCUT2D eigenvalue weighted by molar-refractivity contribution is 0.183. The summed E-state index contributed by atoms with van der Waals surface area (Å²) in [6, 6.07) is 13.9. The van der Waals surface area contributed by atoms with Crippen molar-refractivity contribution in [2.75, 3.05) is 13.6 Å². The summed E-state index contributed by atoms with van der Waals surface area (Å²) >= 11 is 0. The number of likely N-dealkylation sites (N-methyl/N-ethyl adjacent to an activating group) is 1. The van der Waals surface area contributed by atoms with Crippen LogP contribution < -0.4 is 5.32 Å². The minimum atomic E-state index is -0.583. The molecule has 0 amide bonds. The SMILES string of the molecule is CC(C1CC1)N(C)CC(C#N)(NC1CC1)c1ccccc1. The molecular weight excluding hydrogens is 258 g/mol. The second kappa shape index (κ2) is 5.79. The number of nitrogens with zero attached hydrogens (tertiary/aromatic N) is 2. The third-order valence-corrected chi connectivity index (χ3v) is 4.97. The van der Waals surface area contributed by atoms with Crippen molar-refractivity contribution >= 4 is 0 Å². The van der Waals surface area contributed by atoms with Gasteiger partial charge in [-0.25, -0.2) is 0 Å². The molecule has 0 heterocycles. The Morgan fingerprint density at radius 2 is 1.95 bits per heavy atom. The molecule has 21 heavy (non-hydrogen) atoms. The lowest BCUT2D eigenvalue weighted by atomic mass is 9.90. The van der Waals surface area contributed by atoms with Gasteiger partial charge in [-0.2, -0.15) is 5.26 Å². The van der Waals surface area contributed by atoms with Gasteiger partial charge in [0.25, 0.3) is 0 Å². The zero-order valence-electron chi connectivity index (χ0n) is 13.0. The van der Waals surface area contributed by atoms with Crippen molar-refractivity contribution in [3.05, 3.63) is 35.9 Å². The molecule has 0 bridgehead atoms. The van der Waals surface area contributed by atoms with Gasteiger partial charge in [-0.15, -0.1) is 0 Å². The van der Waals surface area contributed by atoms with Crippen molar-refractivity contribution in [1.82, 2.24) is 10.2 Å². The Morgan fingerprint density at radius 1 is 1.29 bits per heavy atom. The van der Waals surface area contributed by atoms with Crippen LogP contribution in [0.5, 0.6) is 0 Å². The fourth-order valence-electron chi connectivity index (χ4n) is 3.11. The van der Waals surface area contributed by atoms with E-state index in [1.165, 1.54) is 25.7 Å². The van der Waals surface area contributed by atoms with Gasteiger partial charge in [0.05, 0.1) is 6.07 Å². The summed E-state index contributed by atoms with van der Waals surface area (Å²) in [6.07, 6.45) is 5.06. The lowest BCUT2D eigenvalue weighted by Crippen LogP contribution is -2.52. The smallest absolute Gasteiger partial charge is 0.145 e. The molecule has 0 spiro atoms. The van der Waals surface area contributed by atoms with Gasteiger partial charge >= 0.3 is 0 Å². The number of nitriles is 1. The van der Waals surface area contributed by atoms with E-state index in [9.17, 15) is 5.26 Å². The number of hydrogen-bond acceptors (Lipinski definition) is 3. The van der Waals surface area contributed by atoms with Gasteiger partial charge in [0.15, 0.2) is 0 Å². The van der Waals surface area contributed by atoms with E-state index in [0.717, 1.165) is 18.0 Å². The second-order valence-corrected chi connectivity index (χ2v) is 6.79. The largest absolute Gasteiger partial charge is 0.300 e. The predicted octanol–water partition coefficient (Wildman–Crippen LogP) is 2.89. The van der Waals surface area contributed by atoms with E-state index in [-0.39, 0.29) is 0 Å². The average Bonchev–Trinajstić information content (AvgIpc) is 3.39. The molecule has 1 aromatic rings. The van der Waals surface area contributed by atoms with Crippen molar-refractivity contribution in [1.29, 1.82) is 5.26 Å². The van der Waals surface area contributed by atoms with Crippen LogP contribution in [0.1, 0.15) is 38.2 Å². The molecule has 2 aliphatic rings. The van der Waals surface area contributed by atoms with E-state index in [4.69, 9.17) is 0 Å². The van der Waals surface area contributed by atoms with Crippen LogP contribution in [0.25, 0.3) is 0 Å². The Kier molecular flexibility index (Phi) is 4.01. The molecule has 3 nitrogen and oxygen atoms in total. The molecule has 2 fully saturated rings. The van der Waals surface area contributed by atoms with Gasteiger partial charge in [-0.05, 0) is 51.1 Å². The molecule has 3 rings (SSSR count). The van der Waals surface area contributed by atoms with Gasteiger partial charge in [0.2, 0.25) is 0 Å². The van der Waals surface area contributed by atoms with Crippen molar-refractivity contribution in [2.45, 2.75) is 50.2 Å². The van der Waals surface area contributed by atoms with E-state index in [0.29, 0.717) is 12.1 Å². The summed E-state index contributed by atoms with van der Waals surface area (Å²) < 4.78 is 0. The molecule has 0 saturated heterocycles. The van der Waals surface area contributed by atoms with Gasteiger partial charge in [-0.3, -0.25) is 5.32 Å². The van der Waals surface area contributed by atoms with Gasteiger partial charge in [-0.1, -0.05) is 30.3 Å². The normalized spacial score (nSPS) is 22.6. The number of benzene rings is 1.